The van der Waals surface area contributed by atoms with Crippen LogP contribution in [0.3, 0.4) is 0 Å². The van der Waals surface area contributed by atoms with Gasteiger partial charge in [0.1, 0.15) is 12.1 Å². The van der Waals surface area contributed by atoms with Crippen LogP contribution in [-0.4, -0.2) is 73.0 Å². The molecule has 0 spiro atoms. The second-order valence-electron chi connectivity index (χ2n) is 17.1. The number of H-pyrrole nitrogens is 1. The zero-order valence-corrected chi connectivity index (χ0v) is 32.1. The number of ether oxygens (including phenoxy) is 1. The average Bonchev–Trinajstić information content (AvgIpc) is 3.49. The molecule has 1 aromatic heterocycles. The number of nitrogens with one attached hydrogen (secondary N) is 1. The fourth-order valence-electron chi connectivity index (χ4n) is 11.2. The topological polar surface area (TPSA) is 74.9 Å². The smallest absolute Gasteiger partial charge is 0.410 e. The van der Waals surface area contributed by atoms with E-state index in [0.717, 1.165) is 28.3 Å². The molecule has 0 unspecified atom stereocenters. The van der Waals surface area contributed by atoms with Crippen LogP contribution in [0.2, 0.25) is 16.6 Å². The van der Waals surface area contributed by atoms with Gasteiger partial charge in [-0.3, -0.25) is 9.69 Å². The summed E-state index contributed by atoms with van der Waals surface area (Å²) < 4.78 is 13.7. The van der Waals surface area contributed by atoms with Gasteiger partial charge < -0.3 is 19.0 Å². The molecule has 8 rings (SSSR count). The second kappa shape index (κ2) is 14.5. The van der Waals surface area contributed by atoms with Crippen LogP contribution in [0.5, 0.6) is 0 Å². The highest BCUT2D eigenvalue weighted by molar-refractivity contribution is 6.77. The van der Waals surface area contributed by atoms with Crippen molar-refractivity contribution in [2.45, 2.75) is 121 Å². The number of rotatable bonds is 12. The zero-order chi connectivity index (χ0) is 35.2. The first-order valence-corrected chi connectivity index (χ1v) is 21.7. The van der Waals surface area contributed by atoms with Crippen LogP contribution in [-0.2, 0) is 26.8 Å². The van der Waals surface area contributed by atoms with Gasteiger partial charge in [0.15, 0.2) is 8.32 Å². The molecule has 7 nitrogen and oxygen atoms in total. The van der Waals surface area contributed by atoms with Crippen molar-refractivity contribution in [1.82, 2.24) is 14.8 Å². The maximum atomic E-state index is 15.0. The van der Waals surface area contributed by atoms with Gasteiger partial charge in [-0.2, -0.15) is 0 Å². The average molecular weight is 698 g/mol. The fourth-order valence-corrected chi connectivity index (χ4v) is 16.7. The third kappa shape index (κ3) is 6.67. The van der Waals surface area contributed by atoms with Crippen LogP contribution in [0.1, 0.15) is 84.8 Å². The molecule has 2 heterocycles. The molecule has 2 atom stereocenters. The van der Waals surface area contributed by atoms with Gasteiger partial charge in [0.2, 0.25) is 5.91 Å². The molecule has 4 aliphatic carbocycles. The Morgan fingerprint density at radius 1 is 0.840 bits per heavy atom. The number of aromatic amines is 1. The van der Waals surface area contributed by atoms with E-state index in [2.05, 4.69) is 87.8 Å². The molecule has 270 valence electrons. The van der Waals surface area contributed by atoms with Gasteiger partial charge in [-0.25, -0.2) is 4.79 Å². The quantitative estimate of drug-likeness (QED) is 0.192. The molecule has 4 bridgehead atoms. The van der Waals surface area contributed by atoms with E-state index in [1.165, 1.54) is 37.7 Å². The molecule has 2 amide bonds. The van der Waals surface area contributed by atoms with Gasteiger partial charge >= 0.3 is 6.09 Å². The van der Waals surface area contributed by atoms with Crippen LogP contribution < -0.4 is 0 Å². The molecule has 50 heavy (non-hydrogen) atoms. The Bertz CT molecular complexity index is 1590. The van der Waals surface area contributed by atoms with Crippen LogP contribution in [0.4, 0.5) is 4.79 Å². The lowest BCUT2D eigenvalue weighted by Gasteiger charge is -2.54. The Morgan fingerprint density at radius 2 is 1.46 bits per heavy atom. The lowest BCUT2D eigenvalue weighted by Crippen LogP contribution is -2.64. The Labute approximate surface area is 300 Å². The van der Waals surface area contributed by atoms with Crippen molar-refractivity contribution in [3.63, 3.8) is 0 Å². The SMILES string of the molecule is CC(C)[Si](OC[C@H](Cc1ccccc1)N1CCN(C(=O)OC2C3CC4CC(C3)CC2C4)[C@H](Cc2c[nH]c3ccccc23)C1=O)(C(C)C)C(C)C. The highest BCUT2D eigenvalue weighted by Crippen LogP contribution is 2.55. The highest BCUT2D eigenvalue weighted by Gasteiger charge is 2.51. The Balaban J connectivity index is 1.18. The molecule has 0 radical (unpaired) electrons. The van der Waals surface area contributed by atoms with E-state index in [9.17, 15) is 4.79 Å². The Hall–Kier alpha value is -3.10. The number of piperazine rings is 1. The van der Waals surface area contributed by atoms with Gasteiger partial charge in [-0.15, -0.1) is 0 Å². The number of hydrogen-bond donors (Lipinski definition) is 1. The molecule has 3 aromatic rings. The standard InChI is InChI=1S/C42H59N3O4Si/c1-27(2)50(28(3)4,29(5)6)48-26-36(23-30-12-8-7-9-13-30)44-16-17-45(39(41(44)46)24-35-25-43-38-15-11-10-14-37(35)38)42(47)49-40-33-19-31-18-32(21-33)22-34(40)20-31/h7-15,25,27-29,31-34,36,39-40,43H,16-24,26H2,1-6H3/t31?,32?,33?,34?,36-,39+,40?/m0/s1. The van der Waals surface area contributed by atoms with E-state index in [1.54, 1.807) is 4.90 Å². The van der Waals surface area contributed by atoms with E-state index < -0.39 is 14.4 Å². The van der Waals surface area contributed by atoms with E-state index in [-0.39, 0.29) is 24.1 Å². The molecule has 5 aliphatic rings. The molecule has 1 saturated heterocycles. The maximum absolute atomic E-state index is 15.0. The molecule has 5 fully saturated rings. The minimum atomic E-state index is -2.19. The van der Waals surface area contributed by atoms with Crippen LogP contribution in [0, 0.1) is 23.7 Å². The van der Waals surface area contributed by atoms with Crippen molar-refractivity contribution in [3.05, 3.63) is 71.9 Å². The summed E-state index contributed by atoms with van der Waals surface area (Å²) in [6.07, 6.45) is 8.95. The van der Waals surface area contributed by atoms with Gasteiger partial charge in [-0.05, 0) is 96.0 Å². The van der Waals surface area contributed by atoms with Crippen LogP contribution >= 0.6 is 0 Å². The monoisotopic (exact) mass is 697 g/mol. The van der Waals surface area contributed by atoms with Crippen molar-refractivity contribution < 1.29 is 18.8 Å². The molecule has 8 heteroatoms. The fraction of sp³-hybridized carbons (Fsp3) is 0.619. The lowest BCUT2D eigenvalue weighted by molar-refractivity contribution is -0.146. The molecule has 4 saturated carbocycles. The highest BCUT2D eigenvalue weighted by atomic mass is 28.4. The van der Waals surface area contributed by atoms with E-state index in [0.29, 0.717) is 61.0 Å². The summed E-state index contributed by atoms with van der Waals surface area (Å²) in [6, 6.07) is 17.9. The van der Waals surface area contributed by atoms with Gasteiger partial charge in [-0.1, -0.05) is 90.1 Å². The lowest BCUT2D eigenvalue weighted by atomic mass is 9.55. The van der Waals surface area contributed by atoms with E-state index >= 15 is 4.79 Å². The molecule has 2 aromatic carbocycles. The third-order valence-corrected chi connectivity index (χ3v) is 19.3. The van der Waals surface area contributed by atoms with Crippen molar-refractivity contribution in [2.75, 3.05) is 19.7 Å². The number of carbonyl (C=O) groups excluding carboxylic acids is 2. The minimum absolute atomic E-state index is 0.000924. The summed E-state index contributed by atoms with van der Waals surface area (Å²) in [4.78, 5) is 36.5. The number of carbonyl (C=O) groups is 2. The van der Waals surface area contributed by atoms with E-state index in [1.807, 2.05) is 24.4 Å². The van der Waals surface area contributed by atoms with Crippen LogP contribution in [0.15, 0.2) is 60.8 Å². The number of benzene rings is 2. The summed E-state index contributed by atoms with van der Waals surface area (Å²) in [7, 11) is -2.19. The number of hydrogen-bond acceptors (Lipinski definition) is 4. The summed E-state index contributed by atoms with van der Waals surface area (Å²) >= 11 is 0. The van der Waals surface area contributed by atoms with Crippen molar-refractivity contribution in [3.8, 4) is 0 Å². The van der Waals surface area contributed by atoms with Crippen molar-refractivity contribution >= 4 is 31.2 Å². The third-order valence-electron chi connectivity index (χ3n) is 13.2. The normalized spacial score (nSPS) is 27.3. The minimum Gasteiger partial charge on any atom is -0.445 e. The van der Waals surface area contributed by atoms with Gasteiger partial charge in [0.25, 0.3) is 0 Å². The van der Waals surface area contributed by atoms with E-state index in [4.69, 9.17) is 9.16 Å². The summed E-state index contributed by atoms with van der Waals surface area (Å²) in [6.45, 7) is 15.3. The maximum Gasteiger partial charge on any atom is 0.410 e. The number of aromatic nitrogens is 1. The Kier molecular flexibility index (Phi) is 10.2. The first-order chi connectivity index (χ1) is 24.0. The van der Waals surface area contributed by atoms with Gasteiger partial charge in [0, 0.05) is 36.6 Å². The molecule has 1 aliphatic heterocycles. The first-order valence-electron chi connectivity index (χ1n) is 19.6. The van der Waals surface area contributed by atoms with Crippen molar-refractivity contribution in [1.29, 1.82) is 0 Å². The summed E-state index contributed by atoms with van der Waals surface area (Å²) in [5.41, 5.74) is 4.62. The zero-order valence-electron chi connectivity index (χ0n) is 31.1. The molecule has 1 N–H and O–H groups in total. The predicted molar refractivity (Wildman–Crippen MR) is 202 cm³/mol. The predicted octanol–water partition coefficient (Wildman–Crippen LogP) is 8.99. The number of nitrogens with zero attached hydrogens (tertiary/aromatic N) is 2. The number of fused-ring (bicyclic) bond motifs is 1. The second-order valence-corrected chi connectivity index (χ2v) is 22.5. The molecular weight excluding hydrogens is 639 g/mol. The van der Waals surface area contributed by atoms with Crippen LogP contribution in [0.25, 0.3) is 10.9 Å². The number of para-hydroxylation sites is 1. The first kappa shape index (κ1) is 35.3. The van der Waals surface area contributed by atoms with Gasteiger partial charge in [0.05, 0.1) is 12.6 Å². The Morgan fingerprint density at radius 3 is 2.10 bits per heavy atom. The summed E-state index contributed by atoms with van der Waals surface area (Å²) in [5.74, 6) is 2.55. The molecular formula is C42H59N3O4Si. The number of amides is 2. The summed E-state index contributed by atoms with van der Waals surface area (Å²) in [5, 5.41) is 1.09. The van der Waals surface area contributed by atoms with Crippen molar-refractivity contribution in [2.24, 2.45) is 23.7 Å². The largest absolute Gasteiger partial charge is 0.445 e.